The average Bonchev–Trinajstić information content (AvgIpc) is 2.67. The fourth-order valence-electron chi connectivity index (χ4n) is 2.60. The zero-order valence-electron chi connectivity index (χ0n) is 17.3. The monoisotopic (exact) mass is 403 g/mol. The third-order valence-electron chi connectivity index (χ3n) is 3.98. The minimum absolute atomic E-state index is 0.0424. The Labute approximate surface area is 171 Å². The predicted molar refractivity (Wildman–Crippen MR) is 109 cm³/mol. The maximum Gasteiger partial charge on any atom is 0.407 e. The van der Waals surface area contributed by atoms with Crippen molar-refractivity contribution in [2.75, 3.05) is 13.7 Å². The molecule has 2 aromatic carbocycles. The first-order valence-corrected chi connectivity index (χ1v) is 9.39. The van der Waals surface area contributed by atoms with Crippen LogP contribution in [0, 0.1) is 0 Å². The van der Waals surface area contributed by atoms with Gasteiger partial charge in [0.15, 0.2) is 11.5 Å². The van der Waals surface area contributed by atoms with Crippen molar-refractivity contribution in [3.05, 3.63) is 53.6 Å². The van der Waals surface area contributed by atoms with Gasteiger partial charge in [0.25, 0.3) is 0 Å². The fraction of sp³-hybridized carbons (Fsp3) is 0.409. The van der Waals surface area contributed by atoms with Crippen LogP contribution in [0.2, 0.25) is 0 Å². The number of ether oxygens (including phenoxy) is 3. The van der Waals surface area contributed by atoms with Crippen molar-refractivity contribution in [1.29, 1.82) is 0 Å². The van der Waals surface area contributed by atoms with Crippen molar-refractivity contribution in [3.8, 4) is 17.2 Å². The normalized spacial score (nSPS) is 12.2. The third-order valence-corrected chi connectivity index (χ3v) is 3.98. The number of aliphatic hydroxyl groups excluding tert-OH is 1. The molecule has 1 atom stereocenters. The molecule has 0 radical (unpaired) electrons. The first-order valence-electron chi connectivity index (χ1n) is 9.39. The van der Waals surface area contributed by atoms with Crippen molar-refractivity contribution < 1.29 is 29.2 Å². The molecule has 0 fully saturated rings. The van der Waals surface area contributed by atoms with E-state index >= 15 is 0 Å². The molecular formula is C22H29NO6. The molecule has 0 aliphatic heterocycles. The number of alkyl carbamates (subject to hydrolysis) is 1. The van der Waals surface area contributed by atoms with E-state index in [1.165, 1.54) is 6.07 Å². The molecule has 0 aliphatic carbocycles. The third kappa shape index (κ3) is 7.54. The SMILES string of the molecule is COc1ccc(CC(CO)Oc2cc(CNC(=O)OC(C)(C)C)ccc2O)cc1. The number of aliphatic hydroxyl groups is 1. The van der Waals surface area contributed by atoms with Crippen molar-refractivity contribution in [2.45, 2.75) is 45.4 Å². The number of amides is 1. The summed E-state index contributed by atoms with van der Waals surface area (Å²) in [5.74, 6) is 0.943. The minimum Gasteiger partial charge on any atom is -0.504 e. The number of hydrogen-bond acceptors (Lipinski definition) is 6. The van der Waals surface area contributed by atoms with E-state index in [0.29, 0.717) is 6.42 Å². The molecule has 1 amide bonds. The number of hydrogen-bond donors (Lipinski definition) is 3. The van der Waals surface area contributed by atoms with Gasteiger partial charge in [-0.2, -0.15) is 0 Å². The number of methoxy groups -OCH3 is 1. The number of benzene rings is 2. The zero-order valence-corrected chi connectivity index (χ0v) is 17.3. The summed E-state index contributed by atoms with van der Waals surface area (Å²) in [6.45, 7) is 5.37. The second-order valence-electron chi connectivity index (χ2n) is 7.63. The summed E-state index contributed by atoms with van der Waals surface area (Å²) in [5, 5.41) is 22.5. The summed E-state index contributed by atoms with van der Waals surface area (Å²) in [4.78, 5) is 11.8. The van der Waals surface area contributed by atoms with Crippen LogP contribution in [0.1, 0.15) is 31.9 Å². The van der Waals surface area contributed by atoms with E-state index in [1.54, 1.807) is 40.0 Å². The van der Waals surface area contributed by atoms with Crippen LogP contribution in [0.25, 0.3) is 0 Å². The highest BCUT2D eigenvalue weighted by molar-refractivity contribution is 5.67. The highest BCUT2D eigenvalue weighted by Crippen LogP contribution is 2.28. The fourth-order valence-corrected chi connectivity index (χ4v) is 2.60. The summed E-state index contributed by atoms with van der Waals surface area (Å²) >= 11 is 0. The maximum absolute atomic E-state index is 11.8. The zero-order chi connectivity index (χ0) is 21.4. The van der Waals surface area contributed by atoms with E-state index in [2.05, 4.69) is 5.32 Å². The van der Waals surface area contributed by atoms with E-state index in [1.807, 2.05) is 24.3 Å². The number of aromatic hydroxyl groups is 1. The molecule has 2 aromatic rings. The lowest BCUT2D eigenvalue weighted by atomic mass is 10.1. The Morgan fingerprint density at radius 2 is 1.76 bits per heavy atom. The predicted octanol–water partition coefficient (Wildman–Crippen LogP) is 3.41. The molecule has 0 aromatic heterocycles. The lowest BCUT2D eigenvalue weighted by Gasteiger charge is -2.20. The van der Waals surface area contributed by atoms with Crippen LogP contribution in [0.5, 0.6) is 17.2 Å². The average molecular weight is 403 g/mol. The number of carbonyl (C=O) groups excluding carboxylic acids is 1. The Balaban J connectivity index is 2.00. The molecule has 0 bridgehead atoms. The molecule has 0 saturated carbocycles. The second-order valence-corrected chi connectivity index (χ2v) is 7.63. The van der Waals surface area contributed by atoms with Crippen LogP contribution >= 0.6 is 0 Å². The quantitative estimate of drug-likeness (QED) is 0.625. The number of nitrogens with one attached hydrogen (secondary N) is 1. The number of rotatable bonds is 8. The van der Waals surface area contributed by atoms with Crippen LogP contribution in [0.15, 0.2) is 42.5 Å². The van der Waals surface area contributed by atoms with Gasteiger partial charge in [-0.15, -0.1) is 0 Å². The van der Waals surface area contributed by atoms with Crippen LogP contribution in [0.4, 0.5) is 4.79 Å². The van der Waals surface area contributed by atoms with Crippen molar-refractivity contribution in [3.63, 3.8) is 0 Å². The second kappa shape index (κ2) is 10.0. The van der Waals surface area contributed by atoms with E-state index in [9.17, 15) is 15.0 Å². The minimum atomic E-state index is -0.580. The van der Waals surface area contributed by atoms with Crippen LogP contribution in [-0.2, 0) is 17.7 Å². The molecule has 0 spiro atoms. The Bertz CT molecular complexity index is 798. The lowest BCUT2D eigenvalue weighted by Crippen LogP contribution is -2.32. The summed E-state index contributed by atoms with van der Waals surface area (Å²) < 4.78 is 16.2. The van der Waals surface area contributed by atoms with Crippen LogP contribution < -0.4 is 14.8 Å². The molecule has 7 nitrogen and oxygen atoms in total. The molecule has 1 unspecified atom stereocenters. The Morgan fingerprint density at radius 3 is 2.34 bits per heavy atom. The number of phenolic OH excluding ortho intramolecular Hbond substituents is 1. The molecular weight excluding hydrogens is 374 g/mol. The number of carbonyl (C=O) groups is 1. The van der Waals surface area contributed by atoms with E-state index in [4.69, 9.17) is 14.2 Å². The first kappa shape index (κ1) is 22.4. The molecule has 3 N–H and O–H groups in total. The van der Waals surface area contributed by atoms with E-state index in [0.717, 1.165) is 16.9 Å². The van der Waals surface area contributed by atoms with Gasteiger partial charge in [-0.1, -0.05) is 18.2 Å². The summed E-state index contributed by atoms with van der Waals surface area (Å²) in [5.41, 5.74) is 1.11. The van der Waals surface area contributed by atoms with Gasteiger partial charge in [-0.05, 0) is 56.2 Å². The van der Waals surface area contributed by atoms with E-state index in [-0.39, 0.29) is 24.7 Å². The topological polar surface area (TPSA) is 97.2 Å². The van der Waals surface area contributed by atoms with Crippen molar-refractivity contribution in [1.82, 2.24) is 5.32 Å². The molecule has 29 heavy (non-hydrogen) atoms. The largest absolute Gasteiger partial charge is 0.504 e. The van der Waals surface area contributed by atoms with Gasteiger partial charge >= 0.3 is 6.09 Å². The van der Waals surface area contributed by atoms with Gasteiger partial charge in [0, 0.05) is 13.0 Å². The Morgan fingerprint density at radius 1 is 1.10 bits per heavy atom. The van der Waals surface area contributed by atoms with Crippen LogP contribution in [-0.4, -0.2) is 41.7 Å². The molecule has 158 valence electrons. The Hall–Kier alpha value is -2.93. The van der Waals surface area contributed by atoms with Gasteiger partial charge < -0.3 is 29.7 Å². The summed E-state index contributed by atoms with van der Waals surface area (Å²) in [6, 6.07) is 12.3. The van der Waals surface area contributed by atoms with Crippen molar-refractivity contribution in [2.24, 2.45) is 0 Å². The van der Waals surface area contributed by atoms with Crippen LogP contribution in [0.3, 0.4) is 0 Å². The molecule has 0 heterocycles. The molecule has 0 saturated heterocycles. The van der Waals surface area contributed by atoms with Crippen molar-refractivity contribution >= 4 is 6.09 Å². The van der Waals surface area contributed by atoms with Gasteiger partial charge in [0.1, 0.15) is 17.5 Å². The van der Waals surface area contributed by atoms with Gasteiger partial charge in [0.2, 0.25) is 0 Å². The highest BCUT2D eigenvalue weighted by atomic mass is 16.6. The summed E-state index contributed by atoms with van der Waals surface area (Å²) in [6.07, 6.45) is -0.607. The van der Waals surface area contributed by atoms with E-state index < -0.39 is 17.8 Å². The standard InChI is InChI=1S/C22H29NO6/c1-22(2,3)29-21(26)23-13-16-7-10-19(25)20(12-16)28-18(14-24)11-15-5-8-17(27-4)9-6-15/h5-10,12,18,24-25H,11,13-14H2,1-4H3,(H,23,26). The smallest absolute Gasteiger partial charge is 0.407 e. The Kier molecular flexibility index (Phi) is 7.73. The maximum atomic E-state index is 11.8. The first-order chi connectivity index (χ1) is 13.7. The molecule has 0 aliphatic rings. The lowest BCUT2D eigenvalue weighted by molar-refractivity contribution is 0.0523. The highest BCUT2D eigenvalue weighted by Gasteiger charge is 2.17. The molecule has 7 heteroatoms. The number of phenols is 1. The van der Waals surface area contributed by atoms with Gasteiger partial charge in [-0.3, -0.25) is 0 Å². The van der Waals surface area contributed by atoms with Gasteiger partial charge in [0.05, 0.1) is 13.7 Å². The molecule has 2 rings (SSSR count). The summed E-state index contributed by atoms with van der Waals surface area (Å²) in [7, 11) is 1.60. The van der Waals surface area contributed by atoms with Gasteiger partial charge in [-0.25, -0.2) is 4.79 Å².